The molecule has 0 fully saturated rings. The number of aryl methyl sites for hydroxylation is 1. The molecule has 2 aromatic carbocycles. The molecule has 0 aliphatic heterocycles. The summed E-state index contributed by atoms with van der Waals surface area (Å²) in [7, 11) is -4.71. The van der Waals surface area contributed by atoms with E-state index in [0.29, 0.717) is 5.56 Å². The number of nitrogens with zero attached hydrogens (tertiary/aromatic N) is 1. The minimum atomic E-state index is -5.14. The first-order valence-corrected chi connectivity index (χ1v) is 9.33. The molecule has 0 aromatic heterocycles. The van der Waals surface area contributed by atoms with Gasteiger partial charge in [-0.3, -0.25) is 10.1 Å². The fourth-order valence-electron chi connectivity index (χ4n) is 2.25. The number of benzene rings is 2. The average molecular weight is 454 g/mol. The minimum absolute atomic E-state index is 0.133. The molecule has 0 amide bonds. The van der Waals surface area contributed by atoms with Gasteiger partial charge in [-0.15, -0.1) is 0 Å². The van der Waals surface area contributed by atoms with Crippen molar-refractivity contribution in [3.63, 3.8) is 0 Å². The van der Waals surface area contributed by atoms with Crippen molar-refractivity contribution in [3.05, 3.63) is 80.5 Å². The summed E-state index contributed by atoms with van der Waals surface area (Å²) in [5, 5.41) is 11.6. The Kier molecular flexibility index (Phi) is 6.16. The second-order valence-electron chi connectivity index (χ2n) is 6.00. The van der Waals surface area contributed by atoms with Crippen LogP contribution in [0.2, 0.25) is 0 Å². The van der Waals surface area contributed by atoms with E-state index in [0.717, 1.165) is 12.1 Å². The second kappa shape index (κ2) is 7.97. The number of rotatable bonds is 5. The van der Waals surface area contributed by atoms with Gasteiger partial charge in [0, 0.05) is 5.69 Å². The van der Waals surface area contributed by atoms with Gasteiger partial charge in [0.1, 0.15) is 0 Å². The van der Waals surface area contributed by atoms with Gasteiger partial charge in [0.05, 0.1) is 27.1 Å². The predicted molar refractivity (Wildman–Crippen MR) is 93.5 cm³/mol. The molecule has 0 bridgehead atoms. The molecule has 0 aliphatic carbocycles. The third kappa shape index (κ3) is 5.28. The lowest BCUT2D eigenvalue weighted by Crippen LogP contribution is -2.15. The van der Waals surface area contributed by atoms with Crippen LogP contribution in [0.4, 0.5) is 32.0 Å². The van der Waals surface area contributed by atoms with Gasteiger partial charge in [0.2, 0.25) is 0 Å². The fourth-order valence-corrected chi connectivity index (χ4v) is 3.40. The van der Waals surface area contributed by atoms with Crippen molar-refractivity contribution in [1.29, 1.82) is 0 Å². The van der Waals surface area contributed by atoms with Gasteiger partial charge in [-0.05, 0) is 37.3 Å². The van der Waals surface area contributed by atoms with Gasteiger partial charge in [-0.25, -0.2) is 8.42 Å². The molecule has 0 saturated heterocycles. The van der Waals surface area contributed by atoms with Crippen molar-refractivity contribution >= 4 is 15.5 Å². The summed E-state index contributed by atoms with van der Waals surface area (Å²) in [5.74, 6) is 0. The zero-order valence-electron chi connectivity index (χ0n) is 14.9. The van der Waals surface area contributed by atoms with E-state index in [9.17, 15) is 44.9 Å². The Balaban J connectivity index is 2.53. The maximum absolute atomic E-state index is 12.9. The molecule has 0 aliphatic rings. The first-order valence-electron chi connectivity index (χ1n) is 7.84. The summed E-state index contributed by atoms with van der Waals surface area (Å²) in [6, 6.07) is 5.28. The van der Waals surface area contributed by atoms with E-state index in [2.05, 4.69) is 0 Å². The van der Waals surface area contributed by atoms with Crippen LogP contribution in [-0.2, 0) is 22.2 Å². The molecule has 162 valence electrons. The van der Waals surface area contributed by atoms with Crippen molar-refractivity contribution in [1.82, 2.24) is 0 Å². The molecule has 30 heavy (non-hydrogen) atoms. The predicted octanol–water partition coefficient (Wildman–Crippen LogP) is 4.99. The van der Waals surface area contributed by atoms with Crippen LogP contribution in [0.1, 0.15) is 16.7 Å². The van der Waals surface area contributed by atoms with E-state index in [-0.39, 0.29) is 24.4 Å². The monoisotopic (exact) mass is 454 g/mol. The SMILES string of the molecule is Cc1ccc(S(=O)(=O)C(=CNc2cc(C(F)(F)F)cc(C(F)(F)F)c2)[N+](=O)[O-])cc1. The van der Waals surface area contributed by atoms with E-state index in [4.69, 9.17) is 0 Å². The molecule has 0 atom stereocenters. The summed E-state index contributed by atoms with van der Waals surface area (Å²) in [4.78, 5) is 9.42. The van der Waals surface area contributed by atoms with Gasteiger partial charge in [-0.1, -0.05) is 17.7 Å². The van der Waals surface area contributed by atoms with E-state index < -0.39 is 53.9 Å². The van der Waals surface area contributed by atoms with E-state index in [1.165, 1.54) is 12.1 Å². The Hall–Kier alpha value is -3.09. The van der Waals surface area contributed by atoms with Gasteiger partial charge in [0.15, 0.2) is 0 Å². The highest BCUT2D eigenvalue weighted by molar-refractivity contribution is 7.95. The molecule has 6 nitrogen and oxygen atoms in total. The summed E-state index contributed by atoms with van der Waals surface area (Å²) in [6.07, 6.45) is -10.0. The maximum Gasteiger partial charge on any atom is 0.416 e. The molecule has 0 heterocycles. The number of nitro groups is 1. The van der Waals surface area contributed by atoms with Gasteiger partial charge in [-0.2, -0.15) is 26.3 Å². The van der Waals surface area contributed by atoms with Gasteiger partial charge in [0.25, 0.3) is 9.84 Å². The van der Waals surface area contributed by atoms with Gasteiger partial charge >= 0.3 is 17.4 Å². The van der Waals surface area contributed by atoms with E-state index in [1.54, 1.807) is 6.92 Å². The largest absolute Gasteiger partial charge is 0.416 e. The molecular formula is C17H12F6N2O4S. The van der Waals surface area contributed by atoms with Gasteiger partial charge < -0.3 is 5.32 Å². The van der Waals surface area contributed by atoms with Crippen LogP contribution in [0.25, 0.3) is 0 Å². The van der Waals surface area contributed by atoms with Crippen LogP contribution in [0, 0.1) is 17.0 Å². The number of alkyl halides is 6. The molecule has 0 saturated carbocycles. The molecule has 0 unspecified atom stereocenters. The smallest absolute Gasteiger partial charge is 0.355 e. The number of halogens is 6. The first kappa shape index (κ1) is 23.2. The number of hydrogen-bond acceptors (Lipinski definition) is 5. The third-order valence-corrected chi connectivity index (χ3v) is 5.45. The lowest BCUT2D eigenvalue weighted by molar-refractivity contribution is -0.411. The Morgan fingerprint density at radius 1 is 0.967 bits per heavy atom. The van der Waals surface area contributed by atoms with Crippen molar-refractivity contribution in [2.45, 2.75) is 24.2 Å². The van der Waals surface area contributed by atoms with Crippen LogP contribution in [0.15, 0.2) is 58.6 Å². The van der Waals surface area contributed by atoms with Crippen molar-refractivity contribution in [3.8, 4) is 0 Å². The Morgan fingerprint density at radius 2 is 1.43 bits per heavy atom. The number of hydrogen-bond donors (Lipinski definition) is 1. The van der Waals surface area contributed by atoms with Crippen molar-refractivity contribution in [2.24, 2.45) is 0 Å². The third-order valence-electron chi connectivity index (χ3n) is 3.74. The highest BCUT2D eigenvalue weighted by Crippen LogP contribution is 2.37. The zero-order valence-corrected chi connectivity index (χ0v) is 15.7. The Morgan fingerprint density at radius 3 is 1.83 bits per heavy atom. The van der Waals surface area contributed by atoms with E-state index >= 15 is 0 Å². The summed E-state index contributed by atoms with van der Waals surface area (Å²) in [6.45, 7) is 1.63. The van der Waals surface area contributed by atoms with Crippen molar-refractivity contribution in [2.75, 3.05) is 5.32 Å². The summed E-state index contributed by atoms with van der Waals surface area (Å²) >= 11 is 0. The highest BCUT2D eigenvalue weighted by atomic mass is 32.2. The lowest BCUT2D eigenvalue weighted by atomic mass is 10.1. The molecule has 0 spiro atoms. The average Bonchev–Trinajstić information content (AvgIpc) is 2.60. The molecule has 1 N–H and O–H groups in total. The van der Waals surface area contributed by atoms with Crippen molar-refractivity contribution < 1.29 is 39.7 Å². The summed E-state index contributed by atoms with van der Waals surface area (Å²) < 4.78 is 102. The zero-order chi connectivity index (χ0) is 22.9. The van der Waals surface area contributed by atoms with Crippen LogP contribution >= 0.6 is 0 Å². The minimum Gasteiger partial charge on any atom is -0.355 e. The molecular weight excluding hydrogens is 442 g/mol. The molecule has 2 aromatic rings. The standard InChI is InChI=1S/C17H12F6N2O4S/c1-10-2-4-14(5-3-10)30(28,29)15(25(26)27)9-24-13-7-11(16(18,19)20)6-12(8-13)17(21,22)23/h2-9,24H,1H3. The maximum atomic E-state index is 12.9. The fraction of sp³-hybridized carbons (Fsp3) is 0.176. The topological polar surface area (TPSA) is 89.3 Å². The molecule has 0 radical (unpaired) electrons. The van der Waals surface area contributed by atoms with Crippen LogP contribution in [0.3, 0.4) is 0 Å². The number of anilines is 1. The Labute approximate surface area is 165 Å². The highest BCUT2D eigenvalue weighted by Gasteiger charge is 2.37. The number of nitrogens with one attached hydrogen (secondary N) is 1. The van der Waals surface area contributed by atoms with Crippen LogP contribution in [-0.4, -0.2) is 13.3 Å². The second-order valence-corrected chi connectivity index (χ2v) is 7.89. The number of sulfone groups is 1. The molecule has 2 rings (SSSR count). The van der Waals surface area contributed by atoms with Crippen LogP contribution in [0.5, 0.6) is 0 Å². The van der Waals surface area contributed by atoms with Crippen LogP contribution < -0.4 is 5.32 Å². The lowest BCUT2D eigenvalue weighted by Gasteiger charge is -2.14. The van der Waals surface area contributed by atoms with E-state index in [1.807, 2.05) is 5.32 Å². The Bertz CT molecular complexity index is 1060. The first-order chi connectivity index (χ1) is 13.6. The molecule has 13 heteroatoms. The quantitative estimate of drug-likeness (QED) is 0.391. The normalized spacial score (nSPS) is 13.2. The summed E-state index contributed by atoms with van der Waals surface area (Å²) in [5.41, 5.74) is -3.52.